The molecule has 0 aliphatic rings. The van der Waals surface area contributed by atoms with E-state index in [1.165, 1.54) is 238 Å². The zero-order chi connectivity index (χ0) is 49.9. The molecule has 0 bridgehead atoms. The van der Waals surface area contributed by atoms with Crippen molar-refractivity contribution in [2.24, 2.45) is 0 Å². The summed E-state index contributed by atoms with van der Waals surface area (Å²) in [6.07, 6.45) is 64.2. The van der Waals surface area contributed by atoms with E-state index >= 15 is 0 Å². The Morgan fingerprint density at radius 2 is 0.824 bits per heavy atom. The van der Waals surface area contributed by atoms with Gasteiger partial charge in [0.15, 0.2) is 0 Å². The number of amides is 1. The second-order valence-electron chi connectivity index (χ2n) is 21.7. The van der Waals surface area contributed by atoms with E-state index in [-0.39, 0.29) is 19.1 Å². The van der Waals surface area contributed by atoms with Crippen LogP contribution in [-0.4, -0.2) is 68.5 Å². The molecule has 3 atom stereocenters. The number of likely N-dealkylation sites (N-methyl/N-ethyl adjacent to an activating group) is 1. The molecule has 9 heteroatoms. The number of hydrogen-bond donors (Lipinski definition) is 2. The number of carbonyl (C=O) groups excluding carboxylic acids is 1. The fourth-order valence-electron chi connectivity index (χ4n) is 9.00. The molecule has 404 valence electrons. The van der Waals surface area contributed by atoms with Crippen LogP contribution < -0.4 is 10.2 Å². The predicted octanol–water partition coefficient (Wildman–Crippen LogP) is 17.4. The maximum Gasteiger partial charge on any atom is 0.268 e. The molecule has 0 aliphatic carbocycles. The molecule has 0 aromatic carbocycles. The average molecular weight is 982 g/mol. The molecule has 3 unspecified atom stereocenters. The maximum absolute atomic E-state index is 12.9. The number of phosphoric acid groups is 1. The summed E-state index contributed by atoms with van der Waals surface area (Å²) in [5.41, 5.74) is 0. The van der Waals surface area contributed by atoms with Gasteiger partial charge in [-0.25, -0.2) is 0 Å². The van der Waals surface area contributed by atoms with E-state index in [1.54, 1.807) is 6.08 Å². The van der Waals surface area contributed by atoms with Crippen LogP contribution in [0.3, 0.4) is 0 Å². The van der Waals surface area contributed by atoms with Crippen LogP contribution in [0.1, 0.15) is 296 Å². The van der Waals surface area contributed by atoms with Gasteiger partial charge in [-0.1, -0.05) is 282 Å². The van der Waals surface area contributed by atoms with Crippen molar-refractivity contribution in [2.45, 2.75) is 309 Å². The summed E-state index contributed by atoms with van der Waals surface area (Å²) in [7, 11) is 1.26. The first-order valence-corrected chi connectivity index (χ1v) is 31.2. The largest absolute Gasteiger partial charge is 0.756 e. The maximum atomic E-state index is 12.9. The summed E-state index contributed by atoms with van der Waals surface area (Å²) >= 11 is 0. The van der Waals surface area contributed by atoms with E-state index in [2.05, 4.69) is 31.3 Å². The number of quaternary nitrogens is 1. The van der Waals surface area contributed by atoms with Crippen molar-refractivity contribution in [3.05, 3.63) is 24.3 Å². The predicted molar refractivity (Wildman–Crippen MR) is 293 cm³/mol. The van der Waals surface area contributed by atoms with Crippen LogP contribution >= 0.6 is 7.82 Å². The van der Waals surface area contributed by atoms with Crippen LogP contribution in [0.2, 0.25) is 0 Å². The first-order chi connectivity index (χ1) is 33.0. The molecule has 0 saturated heterocycles. The van der Waals surface area contributed by atoms with Crippen molar-refractivity contribution in [2.75, 3.05) is 40.9 Å². The van der Waals surface area contributed by atoms with Gasteiger partial charge >= 0.3 is 0 Å². The lowest BCUT2D eigenvalue weighted by atomic mass is 10.0. The highest BCUT2D eigenvalue weighted by atomic mass is 31.2. The molecule has 8 nitrogen and oxygen atoms in total. The van der Waals surface area contributed by atoms with Gasteiger partial charge in [-0.15, -0.1) is 0 Å². The number of aliphatic hydroxyl groups is 1. The Hall–Kier alpha value is -1.02. The molecule has 0 fully saturated rings. The van der Waals surface area contributed by atoms with Crippen LogP contribution in [0.15, 0.2) is 24.3 Å². The molecule has 0 aromatic rings. The lowest BCUT2D eigenvalue weighted by molar-refractivity contribution is -0.870. The molecular weight excluding hydrogens is 864 g/mol. The molecule has 0 radical (unpaired) electrons. The van der Waals surface area contributed by atoms with Gasteiger partial charge in [-0.2, -0.15) is 0 Å². The van der Waals surface area contributed by atoms with Gasteiger partial charge in [0, 0.05) is 6.42 Å². The minimum absolute atomic E-state index is 0.00387. The summed E-state index contributed by atoms with van der Waals surface area (Å²) in [4.78, 5) is 25.5. The molecule has 0 spiro atoms. The number of rotatable bonds is 55. The summed E-state index contributed by atoms with van der Waals surface area (Å²) in [5, 5.41) is 13.8. The van der Waals surface area contributed by atoms with Crippen LogP contribution in [0.4, 0.5) is 0 Å². The Kier molecular flexibility index (Phi) is 50.1. The fourth-order valence-corrected chi connectivity index (χ4v) is 9.72. The third-order valence-electron chi connectivity index (χ3n) is 13.7. The molecular formula is C59H117N2O6P. The first-order valence-electron chi connectivity index (χ1n) is 29.7. The summed E-state index contributed by atoms with van der Waals surface area (Å²) in [6.45, 7) is 4.66. The molecule has 0 rings (SSSR count). The highest BCUT2D eigenvalue weighted by Crippen LogP contribution is 2.38. The monoisotopic (exact) mass is 981 g/mol. The van der Waals surface area contributed by atoms with Gasteiger partial charge in [0.1, 0.15) is 13.2 Å². The van der Waals surface area contributed by atoms with E-state index in [0.29, 0.717) is 17.4 Å². The summed E-state index contributed by atoms with van der Waals surface area (Å²) in [6, 6.07) is -0.899. The summed E-state index contributed by atoms with van der Waals surface area (Å²) in [5.74, 6) is -0.201. The number of allylic oxidation sites excluding steroid dienone is 3. The quantitative estimate of drug-likeness (QED) is 0.0272. The molecule has 1 amide bonds. The van der Waals surface area contributed by atoms with Gasteiger partial charge in [-0.3, -0.25) is 9.36 Å². The highest BCUT2D eigenvalue weighted by molar-refractivity contribution is 7.45. The third-order valence-corrected chi connectivity index (χ3v) is 14.6. The number of nitrogens with zero attached hydrogens (tertiary/aromatic N) is 1. The van der Waals surface area contributed by atoms with Gasteiger partial charge in [0.2, 0.25) is 5.91 Å². The zero-order valence-electron chi connectivity index (χ0n) is 46.1. The molecule has 0 aromatic heterocycles. The van der Waals surface area contributed by atoms with Crippen molar-refractivity contribution in [1.82, 2.24) is 5.32 Å². The lowest BCUT2D eigenvalue weighted by Gasteiger charge is -2.29. The molecule has 2 N–H and O–H groups in total. The Bertz CT molecular complexity index is 1160. The van der Waals surface area contributed by atoms with Crippen molar-refractivity contribution < 1.29 is 32.9 Å². The standard InChI is InChI=1S/C59H117N2O6P/c1-6-8-10-12-14-16-18-20-22-23-24-25-26-27-28-29-30-31-32-33-34-35-36-37-39-41-43-45-47-49-51-53-59(63)60-57(56-67-68(64,65)66-55-54-61(3,4)5)58(62)52-50-48-46-44-42-40-38-21-19-17-15-13-11-9-7-2/h42,44,50,52,57-58,62H,6-41,43,45-49,51,53-56H2,1-5H3,(H-,60,63,64,65)/b44-42+,52-50+. The summed E-state index contributed by atoms with van der Waals surface area (Å²) < 4.78 is 23.3. The van der Waals surface area contributed by atoms with E-state index in [0.717, 1.165) is 38.5 Å². The van der Waals surface area contributed by atoms with E-state index in [1.807, 2.05) is 27.2 Å². The Labute approximate surface area is 424 Å². The van der Waals surface area contributed by atoms with Crippen LogP contribution in [0.5, 0.6) is 0 Å². The Balaban J connectivity index is 4.04. The minimum atomic E-state index is -4.60. The normalized spacial score (nSPS) is 14.0. The lowest BCUT2D eigenvalue weighted by Crippen LogP contribution is -2.45. The number of aliphatic hydroxyl groups excluding tert-OH is 1. The average Bonchev–Trinajstić information content (AvgIpc) is 3.30. The number of carbonyl (C=O) groups is 1. The molecule has 68 heavy (non-hydrogen) atoms. The number of hydrogen-bond acceptors (Lipinski definition) is 6. The second-order valence-corrected chi connectivity index (χ2v) is 23.1. The van der Waals surface area contributed by atoms with E-state index in [9.17, 15) is 19.4 Å². The van der Waals surface area contributed by atoms with Crippen LogP contribution in [0.25, 0.3) is 0 Å². The smallest absolute Gasteiger partial charge is 0.268 e. The second kappa shape index (κ2) is 50.9. The van der Waals surface area contributed by atoms with E-state index < -0.39 is 20.0 Å². The molecule has 0 aliphatic heterocycles. The zero-order valence-corrected chi connectivity index (χ0v) is 47.0. The molecule has 0 heterocycles. The molecule has 0 saturated carbocycles. The SMILES string of the molecule is CCCCCCCCCCC/C=C/CC/C=C/C(O)C(COP(=O)([O-])OCC[N+](C)(C)C)NC(=O)CCCCCCCCCCCCCCCCCCCCCCCCCCCCCCCCC. The first kappa shape index (κ1) is 67.0. The number of unbranched alkanes of at least 4 members (excludes halogenated alkanes) is 40. The Morgan fingerprint density at radius 1 is 0.500 bits per heavy atom. The number of phosphoric ester groups is 1. The minimum Gasteiger partial charge on any atom is -0.756 e. The van der Waals surface area contributed by atoms with Crippen LogP contribution in [-0.2, 0) is 18.4 Å². The van der Waals surface area contributed by atoms with Crippen molar-refractivity contribution >= 4 is 13.7 Å². The van der Waals surface area contributed by atoms with Gasteiger partial charge in [0.25, 0.3) is 7.82 Å². The van der Waals surface area contributed by atoms with Crippen molar-refractivity contribution in [3.63, 3.8) is 0 Å². The van der Waals surface area contributed by atoms with Gasteiger partial charge < -0.3 is 28.8 Å². The topological polar surface area (TPSA) is 108 Å². The number of nitrogens with one attached hydrogen (secondary N) is 1. The highest BCUT2D eigenvalue weighted by Gasteiger charge is 2.23. The van der Waals surface area contributed by atoms with Crippen LogP contribution in [0, 0.1) is 0 Å². The van der Waals surface area contributed by atoms with Gasteiger partial charge in [-0.05, 0) is 32.1 Å². The van der Waals surface area contributed by atoms with Crippen molar-refractivity contribution in [3.8, 4) is 0 Å². The van der Waals surface area contributed by atoms with E-state index in [4.69, 9.17) is 9.05 Å². The van der Waals surface area contributed by atoms with Gasteiger partial charge in [0.05, 0.1) is 39.9 Å². The van der Waals surface area contributed by atoms with Crippen molar-refractivity contribution in [1.29, 1.82) is 0 Å². The Morgan fingerprint density at radius 3 is 1.19 bits per heavy atom. The fraction of sp³-hybridized carbons (Fsp3) is 0.915. The third kappa shape index (κ3) is 52.8.